The zero-order valence-electron chi connectivity index (χ0n) is 9.62. The summed E-state index contributed by atoms with van der Waals surface area (Å²) in [5.41, 5.74) is 9.77. The molecule has 2 rings (SSSR count). The maximum Gasteiger partial charge on any atom is 0.0773 e. The maximum atomic E-state index is 9.78. The van der Waals surface area contributed by atoms with E-state index in [0.29, 0.717) is 6.42 Å². The molecular formula is C13H19NO. The summed E-state index contributed by atoms with van der Waals surface area (Å²) in [6.45, 7) is 6.54. The molecule has 2 nitrogen and oxygen atoms in total. The Hall–Kier alpha value is -0.860. The van der Waals surface area contributed by atoms with Gasteiger partial charge in [0.2, 0.25) is 0 Å². The summed E-state index contributed by atoms with van der Waals surface area (Å²) in [5.74, 6) is 0. The van der Waals surface area contributed by atoms with Gasteiger partial charge in [0.25, 0.3) is 0 Å². The number of fused-ring (bicyclic) bond motifs is 1. The van der Waals surface area contributed by atoms with Gasteiger partial charge in [-0.05, 0) is 22.1 Å². The predicted octanol–water partition coefficient (Wildman–Crippen LogP) is 1.90. The van der Waals surface area contributed by atoms with E-state index in [2.05, 4.69) is 39.0 Å². The minimum Gasteiger partial charge on any atom is -0.391 e. The Morgan fingerprint density at radius 1 is 1.33 bits per heavy atom. The van der Waals surface area contributed by atoms with Crippen LogP contribution < -0.4 is 5.73 Å². The first-order valence-corrected chi connectivity index (χ1v) is 5.47. The standard InChI is InChI=1S/C13H19NO/c1-13(2,3)9-6-4-5-8-7-10(15)12(14)11(8)9/h4-6,10,12,15H,7,14H2,1-3H3/t10-,12-/m0/s1. The van der Waals surface area contributed by atoms with Crippen molar-refractivity contribution in [2.24, 2.45) is 5.73 Å². The fraction of sp³-hybridized carbons (Fsp3) is 0.538. The molecule has 0 aromatic heterocycles. The lowest BCUT2D eigenvalue weighted by Crippen LogP contribution is -2.24. The third-order valence-electron chi connectivity index (χ3n) is 3.18. The Labute approximate surface area is 91.1 Å². The van der Waals surface area contributed by atoms with Gasteiger partial charge in [0.05, 0.1) is 12.1 Å². The van der Waals surface area contributed by atoms with Gasteiger partial charge in [0, 0.05) is 6.42 Å². The van der Waals surface area contributed by atoms with Gasteiger partial charge in [-0.1, -0.05) is 39.0 Å². The van der Waals surface area contributed by atoms with Gasteiger partial charge in [-0.3, -0.25) is 0 Å². The van der Waals surface area contributed by atoms with Crippen molar-refractivity contribution in [3.63, 3.8) is 0 Å². The zero-order valence-corrected chi connectivity index (χ0v) is 9.62. The average Bonchev–Trinajstić information content (AvgIpc) is 2.41. The van der Waals surface area contributed by atoms with Gasteiger partial charge in [-0.25, -0.2) is 0 Å². The number of hydrogen-bond donors (Lipinski definition) is 2. The van der Waals surface area contributed by atoms with Gasteiger partial charge in [0.15, 0.2) is 0 Å². The number of nitrogens with two attached hydrogens (primary N) is 1. The fourth-order valence-corrected chi connectivity index (χ4v) is 2.38. The molecule has 0 radical (unpaired) electrons. The molecule has 0 saturated heterocycles. The van der Waals surface area contributed by atoms with E-state index < -0.39 is 6.10 Å². The summed E-state index contributed by atoms with van der Waals surface area (Å²) in [4.78, 5) is 0. The summed E-state index contributed by atoms with van der Waals surface area (Å²) in [7, 11) is 0. The Balaban J connectivity index is 2.57. The molecule has 1 aromatic rings. The highest BCUT2D eigenvalue weighted by molar-refractivity contribution is 5.45. The molecule has 2 atom stereocenters. The lowest BCUT2D eigenvalue weighted by molar-refractivity contribution is 0.158. The van der Waals surface area contributed by atoms with Crippen molar-refractivity contribution >= 4 is 0 Å². The van der Waals surface area contributed by atoms with Gasteiger partial charge in [-0.15, -0.1) is 0 Å². The molecule has 0 amide bonds. The lowest BCUT2D eigenvalue weighted by Gasteiger charge is -2.24. The SMILES string of the molecule is CC(C)(C)c1cccc2c1[C@@H](N)[C@@H](O)C2. The smallest absolute Gasteiger partial charge is 0.0773 e. The Kier molecular flexibility index (Phi) is 2.36. The van der Waals surface area contributed by atoms with Crippen molar-refractivity contribution in [2.75, 3.05) is 0 Å². The molecule has 0 aliphatic heterocycles. The highest BCUT2D eigenvalue weighted by atomic mass is 16.3. The Morgan fingerprint density at radius 3 is 2.60 bits per heavy atom. The zero-order chi connectivity index (χ0) is 11.2. The van der Waals surface area contributed by atoms with Crippen LogP contribution in [0.3, 0.4) is 0 Å². The second kappa shape index (κ2) is 3.32. The molecular weight excluding hydrogens is 186 g/mol. The molecule has 15 heavy (non-hydrogen) atoms. The molecule has 0 unspecified atom stereocenters. The average molecular weight is 205 g/mol. The van der Waals surface area contributed by atoms with E-state index in [9.17, 15) is 5.11 Å². The second-order valence-electron chi connectivity index (χ2n) is 5.43. The van der Waals surface area contributed by atoms with E-state index in [1.54, 1.807) is 0 Å². The molecule has 0 spiro atoms. The van der Waals surface area contributed by atoms with Crippen molar-refractivity contribution in [3.05, 3.63) is 34.9 Å². The molecule has 0 bridgehead atoms. The third-order valence-corrected chi connectivity index (χ3v) is 3.18. The van der Waals surface area contributed by atoms with Crippen LogP contribution in [-0.2, 0) is 11.8 Å². The van der Waals surface area contributed by atoms with Crippen LogP contribution in [0.4, 0.5) is 0 Å². The largest absolute Gasteiger partial charge is 0.391 e. The summed E-state index contributed by atoms with van der Waals surface area (Å²) in [5, 5.41) is 9.78. The first-order valence-electron chi connectivity index (χ1n) is 5.47. The molecule has 1 aromatic carbocycles. The third kappa shape index (κ3) is 1.68. The molecule has 0 fully saturated rings. The van der Waals surface area contributed by atoms with E-state index in [4.69, 9.17) is 5.73 Å². The van der Waals surface area contributed by atoms with E-state index in [-0.39, 0.29) is 11.5 Å². The first-order chi connectivity index (χ1) is 6.91. The Bertz CT molecular complexity index is 379. The molecule has 82 valence electrons. The van der Waals surface area contributed by atoms with Crippen LogP contribution in [0.25, 0.3) is 0 Å². The van der Waals surface area contributed by atoms with Gasteiger partial charge in [-0.2, -0.15) is 0 Å². The minimum absolute atomic E-state index is 0.0903. The van der Waals surface area contributed by atoms with E-state index in [1.807, 2.05) is 0 Å². The quantitative estimate of drug-likeness (QED) is 0.679. The summed E-state index contributed by atoms with van der Waals surface area (Å²) in [6.07, 6.45) is 0.281. The van der Waals surface area contributed by atoms with Crippen molar-refractivity contribution < 1.29 is 5.11 Å². The fourth-order valence-electron chi connectivity index (χ4n) is 2.38. The van der Waals surface area contributed by atoms with E-state index in [0.717, 1.165) is 5.56 Å². The van der Waals surface area contributed by atoms with Crippen molar-refractivity contribution in [1.82, 2.24) is 0 Å². The number of hydrogen-bond acceptors (Lipinski definition) is 2. The Morgan fingerprint density at radius 2 is 2.00 bits per heavy atom. The first kappa shape index (κ1) is 10.7. The van der Waals surface area contributed by atoms with E-state index in [1.165, 1.54) is 11.1 Å². The predicted molar refractivity (Wildman–Crippen MR) is 61.8 cm³/mol. The van der Waals surface area contributed by atoms with Gasteiger partial charge >= 0.3 is 0 Å². The van der Waals surface area contributed by atoms with Crippen LogP contribution in [0, 0.1) is 0 Å². The van der Waals surface area contributed by atoms with Crippen LogP contribution in [0.15, 0.2) is 18.2 Å². The van der Waals surface area contributed by atoms with Crippen molar-refractivity contribution in [2.45, 2.75) is 44.8 Å². The van der Waals surface area contributed by atoms with Gasteiger partial charge < -0.3 is 10.8 Å². The minimum atomic E-state index is -0.413. The highest BCUT2D eigenvalue weighted by Gasteiger charge is 2.32. The van der Waals surface area contributed by atoms with E-state index >= 15 is 0 Å². The lowest BCUT2D eigenvalue weighted by atomic mass is 9.82. The van der Waals surface area contributed by atoms with Crippen LogP contribution >= 0.6 is 0 Å². The second-order valence-corrected chi connectivity index (χ2v) is 5.43. The number of rotatable bonds is 0. The monoisotopic (exact) mass is 205 g/mol. The molecule has 1 aliphatic carbocycles. The van der Waals surface area contributed by atoms with Crippen molar-refractivity contribution in [1.29, 1.82) is 0 Å². The number of aliphatic hydroxyl groups is 1. The molecule has 1 aliphatic rings. The maximum absolute atomic E-state index is 9.78. The molecule has 0 saturated carbocycles. The summed E-state index contributed by atoms with van der Waals surface area (Å²) in [6, 6.07) is 6.04. The summed E-state index contributed by atoms with van der Waals surface area (Å²) < 4.78 is 0. The van der Waals surface area contributed by atoms with Crippen LogP contribution in [-0.4, -0.2) is 11.2 Å². The van der Waals surface area contributed by atoms with Crippen LogP contribution in [0.1, 0.15) is 43.5 Å². The topological polar surface area (TPSA) is 46.2 Å². The number of benzene rings is 1. The summed E-state index contributed by atoms with van der Waals surface area (Å²) >= 11 is 0. The normalized spacial score (nSPS) is 25.4. The molecule has 2 heteroatoms. The highest BCUT2D eigenvalue weighted by Crippen LogP contribution is 2.37. The number of aliphatic hydroxyl groups excluding tert-OH is 1. The van der Waals surface area contributed by atoms with Gasteiger partial charge in [0.1, 0.15) is 0 Å². The molecule has 3 N–H and O–H groups in total. The van der Waals surface area contributed by atoms with Crippen LogP contribution in [0.5, 0.6) is 0 Å². The molecule has 0 heterocycles. The van der Waals surface area contributed by atoms with Crippen LogP contribution in [0.2, 0.25) is 0 Å². The van der Waals surface area contributed by atoms with Crippen molar-refractivity contribution in [3.8, 4) is 0 Å².